The molecule has 1 aliphatic rings. The summed E-state index contributed by atoms with van der Waals surface area (Å²) in [5, 5.41) is 2.72. The summed E-state index contributed by atoms with van der Waals surface area (Å²) in [5.74, 6) is 0.298. The average molecular weight is 237 g/mol. The molecule has 0 bridgehead atoms. The maximum Gasteiger partial charge on any atom is 0.292 e. The number of oxazole rings is 1. The van der Waals surface area contributed by atoms with E-state index >= 15 is 0 Å². The summed E-state index contributed by atoms with van der Waals surface area (Å²) in [4.78, 5) is 29.1. The van der Waals surface area contributed by atoms with Gasteiger partial charge in [-0.3, -0.25) is 9.59 Å². The molecule has 1 saturated heterocycles. The molecular formula is C11H15N3O3. The lowest BCUT2D eigenvalue weighted by Gasteiger charge is -2.17. The molecule has 0 aliphatic carbocycles. The van der Waals surface area contributed by atoms with Crippen molar-refractivity contribution >= 4 is 11.8 Å². The molecule has 2 rings (SSSR count). The molecule has 0 saturated carbocycles. The minimum absolute atomic E-state index is 0.0814. The predicted octanol–water partition coefficient (Wildman–Crippen LogP) is 0.254. The topological polar surface area (TPSA) is 75.4 Å². The Morgan fingerprint density at radius 1 is 1.47 bits per heavy atom. The van der Waals surface area contributed by atoms with Crippen LogP contribution in [0.15, 0.2) is 4.42 Å². The number of aryl methyl sites for hydroxylation is 2. The van der Waals surface area contributed by atoms with Crippen molar-refractivity contribution in [1.82, 2.24) is 15.2 Å². The highest BCUT2D eigenvalue weighted by molar-refractivity contribution is 5.95. The maximum absolute atomic E-state index is 12.1. The van der Waals surface area contributed by atoms with Gasteiger partial charge in [-0.2, -0.15) is 0 Å². The highest BCUT2D eigenvalue weighted by Gasteiger charge is 2.25. The number of hydrogen-bond donors (Lipinski definition) is 1. The molecule has 1 aromatic rings. The van der Waals surface area contributed by atoms with Gasteiger partial charge in [0.2, 0.25) is 11.7 Å². The van der Waals surface area contributed by atoms with Crippen LogP contribution in [0.2, 0.25) is 0 Å². The van der Waals surface area contributed by atoms with Crippen LogP contribution < -0.4 is 5.32 Å². The van der Waals surface area contributed by atoms with E-state index in [1.807, 2.05) is 0 Å². The largest absolute Gasteiger partial charge is 0.436 e. The van der Waals surface area contributed by atoms with E-state index in [1.165, 1.54) is 4.90 Å². The molecule has 2 heterocycles. The van der Waals surface area contributed by atoms with Gasteiger partial charge >= 0.3 is 0 Å². The highest BCUT2D eigenvalue weighted by Crippen LogP contribution is 2.13. The van der Waals surface area contributed by atoms with E-state index in [2.05, 4.69) is 10.3 Å². The molecule has 0 unspecified atom stereocenters. The molecule has 6 nitrogen and oxygen atoms in total. The van der Waals surface area contributed by atoms with Crippen LogP contribution in [0.3, 0.4) is 0 Å². The molecular weight excluding hydrogens is 222 g/mol. The standard InChI is InChI=1S/C11H15N3O3/c1-7-10(17-8(2)13-7)11(16)14-5-3-4-12-9(15)6-14/h3-6H2,1-2H3,(H,12,15). The SMILES string of the molecule is Cc1nc(C)c(C(=O)N2CCCNC(=O)C2)o1. The Labute approximate surface area is 99.0 Å². The fourth-order valence-corrected chi connectivity index (χ4v) is 1.85. The third-order valence-corrected chi connectivity index (χ3v) is 2.65. The van der Waals surface area contributed by atoms with Crippen molar-refractivity contribution in [2.45, 2.75) is 20.3 Å². The van der Waals surface area contributed by atoms with Crippen LogP contribution in [0.1, 0.15) is 28.6 Å². The van der Waals surface area contributed by atoms with E-state index < -0.39 is 0 Å². The molecule has 6 heteroatoms. The van der Waals surface area contributed by atoms with Crippen LogP contribution in [0.5, 0.6) is 0 Å². The zero-order chi connectivity index (χ0) is 12.4. The van der Waals surface area contributed by atoms with Gasteiger partial charge in [0.25, 0.3) is 5.91 Å². The fraction of sp³-hybridized carbons (Fsp3) is 0.545. The average Bonchev–Trinajstić information content (AvgIpc) is 2.49. The van der Waals surface area contributed by atoms with Crippen molar-refractivity contribution in [2.75, 3.05) is 19.6 Å². The van der Waals surface area contributed by atoms with E-state index in [1.54, 1.807) is 13.8 Å². The van der Waals surface area contributed by atoms with Gasteiger partial charge in [-0.25, -0.2) is 4.98 Å². The predicted molar refractivity (Wildman–Crippen MR) is 59.5 cm³/mol. The van der Waals surface area contributed by atoms with E-state index in [0.29, 0.717) is 24.7 Å². The second kappa shape index (κ2) is 4.57. The molecule has 92 valence electrons. The van der Waals surface area contributed by atoms with Crippen LogP contribution in [-0.4, -0.2) is 41.3 Å². The molecule has 1 aromatic heterocycles. The first-order valence-corrected chi connectivity index (χ1v) is 5.58. The summed E-state index contributed by atoms with van der Waals surface area (Å²) in [6.45, 7) is 4.66. The van der Waals surface area contributed by atoms with Crippen molar-refractivity contribution < 1.29 is 14.0 Å². The molecule has 1 N–H and O–H groups in total. The van der Waals surface area contributed by atoms with Gasteiger partial charge in [0, 0.05) is 20.0 Å². The van der Waals surface area contributed by atoms with Crippen LogP contribution >= 0.6 is 0 Å². The van der Waals surface area contributed by atoms with E-state index in [0.717, 1.165) is 6.42 Å². The van der Waals surface area contributed by atoms with Crippen LogP contribution in [0, 0.1) is 13.8 Å². The maximum atomic E-state index is 12.1. The minimum atomic E-state index is -0.264. The number of aromatic nitrogens is 1. The minimum Gasteiger partial charge on any atom is -0.436 e. The molecule has 2 amide bonds. The van der Waals surface area contributed by atoms with Gasteiger partial charge < -0.3 is 14.6 Å². The summed E-state index contributed by atoms with van der Waals surface area (Å²) >= 11 is 0. The van der Waals surface area contributed by atoms with Gasteiger partial charge in [0.15, 0.2) is 5.89 Å². The normalized spacial score (nSPS) is 16.6. The Bertz CT molecular complexity index is 453. The fourth-order valence-electron chi connectivity index (χ4n) is 1.85. The van der Waals surface area contributed by atoms with Crippen molar-refractivity contribution in [1.29, 1.82) is 0 Å². The Hall–Kier alpha value is -1.85. The van der Waals surface area contributed by atoms with Crippen molar-refractivity contribution in [3.63, 3.8) is 0 Å². The van der Waals surface area contributed by atoms with Gasteiger partial charge in [-0.15, -0.1) is 0 Å². The molecule has 0 radical (unpaired) electrons. The van der Waals surface area contributed by atoms with Crippen LogP contribution in [0.4, 0.5) is 0 Å². The van der Waals surface area contributed by atoms with E-state index in [9.17, 15) is 9.59 Å². The van der Waals surface area contributed by atoms with Crippen molar-refractivity contribution in [2.24, 2.45) is 0 Å². The summed E-state index contributed by atoms with van der Waals surface area (Å²) in [7, 11) is 0. The Balaban J connectivity index is 2.18. The lowest BCUT2D eigenvalue weighted by molar-refractivity contribution is -0.121. The molecule has 17 heavy (non-hydrogen) atoms. The van der Waals surface area contributed by atoms with Crippen LogP contribution in [-0.2, 0) is 4.79 Å². The van der Waals surface area contributed by atoms with Crippen molar-refractivity contribution in [3.8, 4) is 0 Å². The molecule has 1 fully saturated rings. The van der Waals surface area contributed by atoms with Crippen LogP contribution in [0.25, 0.3) is 0 Å². The number of carbonyl (C=O) groups is 2. The summed E-state index contributed by atoms with van der Waals surface area (Å²) in [6.07, 6.45) is 0.754. The summed E-state index contributed by atoms with van der Waals surface area (Å²) in [6, 6.07) is 0. The smallest absolute Gasteiger partial charge is 0.292 e. The van der Waals surface area contributed by atoms with Gasteiger partial charge in [-0.1, -0.05) is 0 Å². The molecule has 1 aliphatic heterocycles. The first-order chi connectivity index (χ1) is 8.08. The zero-order valence-corrected chi connectivity index (χ0v) is 9.95. The van der Waals surface area contributed by atoms with Gasteiger partial charge in [-0.05, 0) is 13.3 Å². The van der Waals surface area contributed by atoms with E-state index in [4.69, 9.17) is 4.42 Å². The first kappa shape index (κ1) is 11.6. The molecule has 0 spiro atoms. The van der Waals surface area contributed by atoms with E-state index in [-0.39, 0.29) is 24.1 Å². The van der Waals surface area contributed by atoms with Gasteiger partial charge in [0.1, 0.15) is 0 Å². The van der Waals surface area contributed by atoms with Gasteiger partial charge in [0.05, 0.1) is 12.2 Å². The number of nitrogens with one attached hydrogen (secondary N) is 1. The number of hydrogen-bond acceptors (Lipinski definition) is 4. The second-order valence-corrected chi connectivity index (χ2v) is 4.08. The third kappa shape index (κ3) is 2.46. The monoisotopic (exact) mass is 237 g/mol. The second-order valence-electron chi connectivity index (χ2n) is 4.08. The Kier molecular flexibility index (Phi) is 3.12. The number of rotatable bonds is 1. The lowest BCUT2D eigenvalue weighted by atomic mass is 10.3. The number of amides is 2. The lowest BCUT2D eigenvalue weighted by Crippen LogP contribution is -2.37. The van der Waals surface area contributed by atoms with Crippen molar-refractivity contribution in [3.05, 3.63) is 17.3 Å². The number of nitrogens with zero attached hydrogens (tertiary/aromatic N) is 2. The summed E-state index contributed by atoms with van der Waals surface area (Å²) in [5.41, 5.74) is 0.567. The molecule has 0 atom stereocenters. The first-order valence-electron chi connectivity index (χ1n) is 5.58. The highest BCUT2D eigenvalue weighted by atomic mass is 16.4. The summed E-state index contributed by atoms with van der Waals surface area (Å²) < 4.78 is 5.27. The Morgan fingerprint density at radius 2 is 2.24 bits per heavy atom. The quantitative estimate of drug-likeness (QED) is 0.759. The zero-order valence-electron chi connectivity index (χ0n) is 9.95. The molecule has 0 aromatic carbocycles. The number of carbonyl (C=O) groups excluding carboxylic acids is 2. The third-order valence-electron chi connectivity index (χ3n) is 2.65. The Morgan fingerprint density at radius 3 is 2.88 bits per heavy atom.